The van der Waals surface area contributed by atoms with Gasteiger partial charge in [0.15, 0.2) is 0 Å². The van der Waals surface area contributed by atoms with Gasteiger partial charge in [0.2, 0.25) is 5.91 Å². The average Bonchev–Trinajstić information content (AvgIpc) is 2.43. The van der Waals surface area contributed by atoms with Crippen molar-refractivity contribution >= 4 is 23.6 Å². The summed E-state index contributed by atoms with van der Waals surface area (Å²) in [6, 6.07) is -0.613. The Labute approximate surface area is 86.6 Å². The highest BCUT2D eigenvalue weighted by Crippen LogP contribution is 2.45. The lowest BCUT2D eigenvalue weighted by Crippen LogP contribution is -2.53. The molecule has 0 aliphatic carbocycles. The summed E-state index contributed by atoms with van der Waals surface area (Å²) in [6.07, 6.45) is 2.29. The van der Waals surface area contributed by atoms with Gasteiger partial charge >= 0.3 is 5.97 Å². The second-order valence-corrected chi connectivity index (χ2v) is 5.46. The van der Waals surface area contributed by atoms with Gasteiger partial charge in [0.05, 0.1) is 4.87 Å². The van der Waals surface area contributed by atoms with E-state index in [1.165, 1.54) is 0 Å². The van der Waals surface area contributed by atoms with Gasteiger partial charge in [0.25, 0.3) is 0 Å². The summed E-state index contributed by atoms with van der Waals surface area (Å²) in [7, 11) is 0. The Morgan fingerprint density at radius 2 is 2.43 bits per heavy atom. The van der Waals surface area contributed by atoms with Crippen LogP contribution in [0.4, 0.5) is 0 Å². The van der Waals surface area contributed by atoms with Crippen molar-refractivity contribution in [1.29, 1.82) is 0 Å². The van der Waals surface area contributed by atoms with E-state index in [-0.39, 0.29) is 10.8 Å². The van der Waals surface area contributed by atoms with Crippen LogP contribution < -0.4 is 0 Å². The monoisotopic (exact) mass is 215 g/mol. The molecule has 78 valence electrons. The van der Waals surface area contributed by atoms with Gasteiger partial charge in [-0.1, -0.05) is 0 Å². The van der Waals surface area contributed by atoms with Crippen molar-refractivity contribution in [2.45, 2.75) is 37.1 Å². The van der Waals surface area contributed by atoms with Gasteiger partial charge in [-0.25, -0.2) is 4.79 Å². The highest BCUT2D eigenvalue weighted by atomic mass is 32.2. The summed E-state index contributed by atoms with van der Waals surface area (Å²) in [4.78, 5) is 23.9. The largest absolute Gasteiger partial charge is 0.480 e. The first-order valence-corrected chi connectivity index (χ1v) is 5.72. The molecule has 0 spiro atoms. The summed E-state index contributed by atoms with van der Waals surface area (Å²) in [6.45, 7) is 1.97. The minimum Gasteiger partial charge on any atom is -0.480 e. The van der Waals surface area contributed by atoms with Crippen LogP contribution in [0.15, 0.2) is 0 Å². The van der Waals surface area contributed by atoms with Gasteiger partial charge in [-0.2, -0.15) is 0 Å². The van der Waals surface area contributed by atoms with Gasteiger partial charge in [0.1, 0.15) is 6.04 Å². The van der Waals surface area contributed by atoms with Crippen LogP contribution in [-0.2, 0) is 9.59 Å². The van der Waals surface area contributed by atoms with Crippen LogP contribution in [0.5, 0.6) is 0 Å². The van der Waals surface area contributed by atoms with E-state index in [4.69, 9.17) is 5.11 Å². The summed E-state index contributed by atoms with van der Waals surface area (Å²) in [5.41, 5.74) is 0. The van der Waals surface area contributed by atoms with Gasteiger partial charge < -0.3 is 10.0 Å². The number of aliphatic carboxylic acids is 1. The smallest absolute Gasteiger partial charge is 0.327 e. The first-order valence-electron chi connectivity index (χ1n) is 4.73. The number of carbonyl (C=O) groups is 2. The summed E-state index contributed by atoms with van der Waals surface area (Å²) in [5, 5.41) is 8.98. The molecule has 4 nitrogen and oxygen atoms in total. The molecule has 2 fully saturated rings. The molecular formula is C9H13NO3S. The minimum absolute atomic E-state index is 0.00356. The lowest BCUT2D eigenvalue weighted by atomic mass is 10.0. The molecule has 0 radical (unpaired) electrons. The Bertz CT molecular complexity index is 294. The van der Waals surface area contributed by atoms with E-state index in [0.29, 0.717) is 12.2 Å². The molecule has 14 heavy (non-hydrogen) atoms. The minimum atomic E-state index is -0.878. The normalized spacial score (nSPS) is 37.1. The van der Waals surface area contributed by atoms with Crippen molar-refractivity contribution < 1.29 is 14.7 Å². The van der Waals surface area contributed by atoms with Gasteiger partial charge in [-0.05, 0) is 19.8 Å². The molecular weight excluding hydrogens is 202 g/mol. The standard InChI is InChI=1S/C9H13NO3S/c1-9-4-2-3-7(11)10(9)6(5-14-9)8(12)13/h6H,2-5H2,1H3,(H,12,13)/t6-,9-/m0/s1. The fraction of sp³-hybridized carbons (Fsp3) is 0.778. The molecule has 0 unspecified atom stereocenters. The van der Waals surface area contributed by atoms with E-state index in [2.05, 4.69) is 0 Å². The second kappa shape index (κ2) is 3.15. The van der Waals surface area contributed by atoms with Gasteiger partial charge in [0, 0.05) is 12.2 Å². The van der Waals surface area contributed by atoms with E-state index in [0.717, 1.165) is 12.8 Å². The topological polar surface area (TPSA) is 57.6 Å². The molecule has 0 aromatic carbocycles. The summed E-state index contributed by atoms with van der Waals surface area (Å²) in [5.74, 6) is -0.356. The first kappa shape index (κ1) is 9.83. The number of thioether (sulfide) groups is 1. The van der Waals surface area contributed by atoms with Crippen molar-refractivity contribution in [2.24, 2.45) is 0 Å². The Morgan fingerprint density at radius 1 is 1.71 bits per heavy atom. The Hall–Kier alpha value is -0.710. The average molecular weight is 215 g/mol. The molecule has 2 saturated heterocycles. The first-order chi connectivity index (χ1) is 6.54. The maximum absolute atomic E-state index is 11.6. The number of piperidine rings is 1. The molecule has 0 saturated carbocycles. The van der Waals surface area contributed by atoms with Crippen LogP contribution in [0.25, 0.3) is 0 Å². The Morgan fingerprint density at radius 3 is 3.07 bits per heavy atom. The number of carboxylic acid groups (broad SMARTS) is 1. The molecule has 2 heterocycles. The zero-order valence-electron chi connectivity index (χ0n) is 8.02. The Kier molecular flexibility index (Phi) is 2.21. The van der Waals surface area contributed by atoms with Crippen molar-refractivity contribution in [3.8, 4) is 0 Å². The number of hydrogen-bond donors (Lipinski definition) is 1. The van der Waals surface area contributed by atoms with Crippen LogP contribution in [-0.4, -0.2) is 38.5 Å². The van der Waals surface area contributed by atoms with Crippen LogP contribution in [0.2, 0.25) is 0 Å². The van der Waals surface area contributed by atoms with Gasteiger partial charge in [-0.3, -0.25) is 4.79 Å². The van der Waals surface area contributed by atoms with E-state index in [1.54, 1.807) is 16.7 Å². The molecule has 5 heteroatoms. The molecule has 2 rings (SSSR count). The third-order valence-electron chi connectivity index (χ3n) is 2.96. The van der Waals surface area contributed by atoms with Crippen molar-refractivity contribution in [3.63, 3.8) is 0 Å². The highest BCUT2D eigenvalue weighted by molar-refractivity contribution is 8.00. The van der Waals surface area contributed by atoms with E-state index < -0.39 is 12.0 Å². The van der Waals surface area contributed by atoms with E-state index >= 15 is 0 Å². The molecule has 1 amide bonds. The summed E-state index contributed by atoms with van der Waals surface area (Å²) < 4.78 is 0. The number of carboxylic acids is 1. The number of fused-ring (bicyclic) bond motifs is 1. The lowest BCUT2D eigenvalue weighted by molar-refractivity contribution is -0.152. The van der Waals surface area contributed by atoms with E-state index in [9.17, 15) is 9.59 Å². The van der Waals surface area contributed by atoms with Crippen LogP contribution >= 0.6 is 11.8 Å². The van der Waals surface area contributed by atoms with Crippen LogP contribution in [0.1, 0.15) is 26.2 Å². The molecule has 0 bridgehead atoms. The van der Waals surface area contributed by atoms with Crippen molar-refractivity contribution in [3.05, 3.63) is 0 Å². The third-order valence-corrected chi connectivity index (χ3v) is 4.46. The summed E-state index contributed by atoms with van der Waals surface area (Å²) >= 11 is 1.59. The number of amides is 1. The van der Waals surface area contributed by atoms with Crippen molar-refractivity contribution in [1.82, 2.24) is 4.90 Å². The fourth-order valence-corrected chi connectivity index (χ4v) is 3.70. The Balaban J connectivity index is 2.29. The van der Waals surface area contributed by atoms with Gasteiger partial charge in [-0.15, -0.1) is 11.8 Å². The molecule has 0 aromatic heterocycles. The molecule has 2 aliphatic rings. The quantitative estimate of drug-likeness (QED) is 0.706. The number of rotatable bonds is 1. The zero-order valence-corrected chi connectivity index (χ0v) is 8.84. The molecule has 2 atom stereocenters. The molecule has 0 aromatic rings. The third kappa shape index (κ3) is 1.30. The zero-order chi connectivity index (χ0) is 10.3. The van der Waals surface area contributed by atoms with Crippen molar-refractivity contribution in [2.75, 3.05) is 5.75 Å². The maximum Gasteiger partial charge on any atom is 0.327 e. The van der Waals surface area contributed by atoms with Crippen LogP contribution in [0, 0.1) is 0 Å². The molecule has 1 N–H and O–H groups in total. The highest BCUT2D eigenvalue weighted by Gasteiger charge is 2.50. The second-order valence-electron chi connectivity index (χ2n) is 3.96. The van der Waals surface area contributed by atoms with E-state index in [1.807, 2.05) is 6.92 Å². The predicted molar refractivity (Wildman–Crippen MR) is 53.0 cm³/mol. The number of nitrogens with zero attached hydrogens (tertiary/aromatic N) is 1. The number of carbonyl (C=O) groups excluding carboxylic acids is 1. The SMILES string of the molecule is C[C@]12CCCC(=O)N1[C@H](C(=O)O)CS2. The predicted octanol–water partition coefficient (Wildman–Crippen LogP) is 0.915. The molecule has 2 aliphatic heterocycles. The number of hydrogen-bond acceptors (Lipinski definition) is 3. The maximum atomic E-state index is 11.6. The fourth-order valence-electron chi connectivity index (χ4n) is 2.23. The van der Waals surface area contributed by atoms with Crippen LogP contribution in [0.3, 0.4) is 0 Å². The lowest BCUT2D eigenvalue weighted by Gasteiger charge is -2.39.